The fourth-order valence-electron chi connectivity index (χ4n) is 3.03. The third kappa shape index (κ3) is 4.09. The van der Waals surface area contributed by atoms with Crippen LogP contribution in [0.4, 0.5) is 15.8 Å². The van der Waals surface area contributed by atoms with Crippen molar-refractivity contribution in [2.24, 2.45) is 5.92 Å². The Labute approximate surface area is 150 Å². The SMILES string of the molecule is N#Cc1cc(Cl)ccc1N1CCC(C(=O)Nc2ccc(F)cc2)CC1. The van der Waals surface area contributed by atoms with Crippen molar-refractivity contribution in [3.8, 4) is 6.07 Å². The maximum absolute atomic E-state index is 12.9. The quantitative estimate of drug-likeness (QED) is 0.895. The highest BCUT2D eigenvalue weighted by atomic mass is 35.5. The van der Waals surface area contributed by atoms with E-state index in [1.807, 2.05) is 6.07 Å². The van der Waals surface area contributed by atoms with E-state index in [0.29, 0.717) is 42.2 Å². The second-order valence-electron chi connectivity index (χ2n) is 6.03. The molecule has 0 unspecified atom stereocenters. The smallest absolute Gasteiger partial charge is 0.227 e. The predicted octanol–water partition coefficient (Wildman–Crippen LogP) is 4.21. The average Bonchev–Trinajstić information content (AvgIpc) is 2.63. The number of nitrogens with zero attached hydrogens (tertiary/aromatic N) is 2. The highest BCUT2D eigenvalue weighted by molar-refractivity contribution is 6.30. The van der Waals surface area contributed by atoms with Gasteiger partial charge in [-0.3, -0.25) is 4.79 Å². The van der Waals surface area contributed by atoms with Crippen molar-refractivity contribution in [1.82, 2.24) is 0 Å². The summed E-state index contributed by atoms with van der Waals surface area (Å²) in [6.45, 7) is 1.38. The molecule has 1 N–H and O–H groups in total. The number of piperidine rings is 1. The van der Waals surface area contributed by atoms with Gasteiger partial charge >= 0.3 is 0 Å². The van der Waals surface area contributed by atoms with Crippen molar-refractivity contribution in [3.05, 3.63) is 58.9 Å². The van der Waals surface area contributed by atoms with Crippen LogP contribution in [0.2, 0.25) is 5.02 Å². The summed E-state index contributed by atoms with van der Waals surface area (Å²) in [5.41, 5.74) is 1.99. The summed E-state index contributed by atoms with van der Waals surface area (Å²) in [5, 5.41) is 12.6. The Balaban J connectivity index is 1.61. The van der Waals surface area contributed by atoms with Crippen molar-refractivity contribution in [2.75, 3.05) is 23.3 Å². The van der Waals surface area contributed by atoms with Crippen LogP contribution in [-0.4, -0.2) is 19.0 Å². The first-order valence-corrected chi connectivity index (χ1v) is 8.45. The van der Waals surface area contributed by atoms with Crippen LogP contribution in [0.15, 0.2) is 42.5 Å². The average molecular weight is 358 g/mol. The fourth-order valence-corrected chi connectivity index (χ4v) is 3.21. The topological polar surface area (TPSA) is 56.1 Å². The number of benzene rings is 2. The number of carbonyl (C=O) groups excluding carboxylic acids is 1. The van der Waals surface area contributed by atoms with E-state index in [4.69, 9.17) is 11.6 Å². The first kappa shape index (κ1) is 17.2. The van der Waals surface area contributed by atoms with Gasteiger partial charge in [-0.25, -0.2) is 4.39 Å². The monoisotopic (exact) mass is 357 g/mol. The molecule has 1 saturated heterocycles. The van der Waals surface area contributed by atoms with Crippen molar-refractivity contribution < 1.29 is 9.18 Å². The molecule has 2 aromatic carbocycles. The van der Waals surface area contributed by atoms with Gasteiger partial charge in [0.2, 0.25) is 5.91 Å². The molecule has 0 aromatic heterocycles. The molecule has 128 valence electrons. The van der Waals surface area contributed by atoms with Gasteiger partial charge in [0.25, 0.3) is 0 Å². The molecule has 1 amide bonds. The number of carbonyl (C=O) groups is 1. The number of rotatable bonds is 3. The molecule has 0 aliphatic carbocycles. The first-order chi connectivity index (χ1) is 12.1. The second-order valence-corrected chi connectivity index (χ2v) is 6.47. The van der Waals surface area contributed by atoms with Crippen LogP contribution >= 0.6 is 11.6 Å². The second kappa shape index (κ2) is 7.54. The van der Waals surface area contributed by atoms with E-state index in [0.717, 1.165) is 5.69 Å². The predicted molar refractivity (Wildman–Crippen MR) is 96.1 cm³/mol. The Morgan fingerprint density at radius 1 is 1.20 bits per heavy atom. The summed E-state index contributed by atoms with van der Waals surface area (Å²) >= 11 is 5.94. The third-order valence-electron chi connectivity index (χ3n) is 4.40. The van der Waals surface area contributed by atoms with E-state index in [2.05, 4.69) is 16.3 Å². The van der Waals surface area contributed by atoms with Gasteiger partial charge in [-0.05, 0) is 55.3 Å². The van der Waals surface area contributed by atoms with E-state index in [9.17, 15) is 14.4 Å². The molecular weight excluding hydrogens is 341 g/mol. The van der Waals surface area contributed by atoms with Gasteiger partial charge in [0.05, 0.1) is 11.3 Å². The molecule has 0 atom stereocenters. The van der Waals surface area contributed by atoms with Crippen LogP contribution in [0.5, 0.6) is 0 Å². The molecule has 0 saturated carbocycles. The Hall–Kier alpha value is -2.58. The maximum atomic E-state index is 12.9. The fraction of sp³-hybridized carbons (Fsp3) is 0.263. The summed E-state index contributed by atoms with van der Waals surface area (Å²) in [7, 11) is 0. The Bertz CT molecular complexity index is 808. The minimum absolute atomic E-state index is 0.0529. The van der Waals surface area contributed by atoms with Crippen LogP contribution < -0.4 is 10.2 Å². The number of amides is 1. The third-order valence-corrected chi connectivity index (χ3v) is 4.63. The van der Waals surface area contributed by atoms with Crippen LogP contribution in [0.3, 0.4) is 0 Å². The number of halogens is 2. The lowest BCUT2D eigenvalue weighted by Gasteiger charge is -2.33. The molecular formula is C19H17ClFN3O. The van der Waals surface area contributed by atoms with Gasteiger partial charge in [0, 0.05) is 29.7 Å². The van der Waals surface area contributed by atoms with E-state index < -0.39 is 0 Å². The zero-order chi connectivity index (χ0) is 17.8. The molecule has 25 heavy (non-hydrogen) atoms. The highest BCUT2D eigenvalue weighted by Crippen LogP contribution is 2.28. The lowest BCUT2D eigenvalue weighted by molar-refractivity contribution is -0.120. The summed E-state index contributed by atoms with van der Waals surface area (Å²) < 4.78 is 12.9. The highest BCUT2D eigenvalue weighted by Gasteiger charge is 2.26. The zero-order valence-corrected chi connectivity index (χ0v) is 14.3. The summed E-state index contributed by atoms with van der Waals surface area (Å²) in [6, 6.07) is 13.2. The first-order valence-electron chi connectivity index (χ1n) is 8.08. The lowest BCUT2D eigenvalue weighted by Crippen LogP contribution is -2.38. The minimum Gasteiger partial charge on any atom is -0.370 e. The normalized spacial score (nSPS) is 14.8. The van der Waals surface area contributed by atoms with Gasteiger partial charge in [-0.1, -0.05) is 11.6 Å². The molecule has 4 nitrogen and oxygen atoms in total. The molecule has 0 bridgehead atoms. The Kier molecular flexibility index (Phi) is 5.20. The number of anilines is 2. The molecule has 1 heterocycles. The molecule has 6 heteroatoms. The molecule has 0 radical (unpaired) electrons. The number of nitriles is 1. The molecule has 3 rings (SSSR count). The summed E-state index contributed by atoms with van der Waals surface area (Å²) in [4.78, 5) is 14.5. The van der Waals surface area contributed by atoms with Crippen LogP contribution in [0.1, 0.15) is 18.4 Å². The lowest BCUT2D eigenvalue weighted by atomic mass is 9.95. The number of nitrogens with one attached hydrogen (secondary N) is 1. The summed E-state index contributed by atoms with van der Waals surface area (Å²) in [6.07, 6.45) is 1.39. The van der Waals surface area contributed by atoms with E-state index in [-0.39, 0.29) is 17.6 Å². The maximum Gasteiger partial charge on any atom is 0.227 e. The van der Waals surface area contributed by atoms with Crippen LogP contribution in [-0.2, 0) is 4.79 Å². The molecule has 1 aliphatic rings. The largest absolute Gasteiger partial charge is 0.370 e. The zero-order valence-electron chi connectivity index (χ0n) is 13.5. The van der Waals surface area contributed by atoms with Gasteiger partial charge in [0.15, 0.2) is 0 Å². The molecule has 0 spiro atoms. The van der Waals surface area contributed by atoms with Crippen LogP contribution in [0.25, 0.3) is 0 Å². The number of hydrogen-bond acceptors (Lipinski definition) is 3. The minimum atomic E-state index is -0.331. The van der Waals surface area contributed by atoms with Crippen molar-refractivity contribution in [2.45, 2.75) is 12.8 Å². The van der Waals surface area contributed by atoms with Crippen molar-refractivity contribution in [3.63, 3.8) is 0 Å². The van der Waals surface area contributed by atoms with Gasteiger partial charge < -0.3 is 10.2 Å². The van der Waals surface area contributed by atoms with Gasteiger partial charge in [0.1, 0.15) is 11.9 Å². The summed E-state index contributed by atoms with van der Waals surface area (Å²) in [5.74, 6) is -0.482. The van der Waals surface area contributed by atoms with Crippen LogP contribution in [0, 0.1) is 23.1 Å². The molecule has 1 aliphatic heterocycles. The Morgan fingerprint density at radius 2 is 1.88 bits per heavy atom. The van der Waals surface area contributed by atoms with E-state index in [1.54, 1.807) is 24.3 Å². The Morgan fingerprint density at radius 3 is 2.52 bits per heavy atom. The van der Waals surface area contributed by atoms with Gasteiger partial charge in [-0.2, -0.15) is 5.26 Å². The molecule has 1 fully saturated rings. The van der Waals surface area contributed by atoms with Crippen molar-refractivity contribution >= 4 is 28.9 Å². The van der Waals surface area contributed by atoms with Gasteiger partial charge in [-0.15, -0.1) is 0 Å². The van der Waals surface area contributed by atoms with Crippen molar-refractivity contribution in [1.29, 1.82) is 5.26 Å². The number of hydrogen-bond donors (Lipinski definition) is 1. The van der Waals surface area contributed by atoms with E-state index in [1.165, 1.54) is 12.1 Å². The molecule has 2 aromatic rings. The van der Waals surface area contributed by atoms with E-state index >= 15 is 0 Å². The standard InChI is InChI=1S/C19H17ClFN3O/c20-15-1-6-18(14(11-15)12-22)24-9-7-13(8-10-24)19(25)23-17-4-2-16(21)3-5-17/h1-6,11,13H,7-10H2,(H,23,25).